The van der Waals surface area contributed by atoms with Crippen LogP contribution in [0.15, 0.2) is 30.6 Å². The molecular weight excluding hydrogens is 515 g/mol. The summed E-state index contributed by atoms with van der Waals surface area (Å²) in [6, 6.07) is 2.56. The average Bonchev–Trinajstić information content (AvgIpc) is 3.26. The maximum atomic E-state index is 15.3. The number of aromatic nitrogens is 4. The number of nitrogens with two attached hydrogens (primary N) is 1. The Kier molecular flexibility index (Phi) is 6.46. The fourth-order valence-corrected chi connectivity index (χ4v) is 4.64. The number of rotatable bonds is 5. The van der Waals surface area contributed by atoms with Gasteiger partial charge in [0.25, 0.3) is 0 Å². The Balaban J connectivity index is 1.53. The van der Waals surface area contributed by atoms with Gasteiger partial charge in [0.05, 0.1) is 11.4 Å². The SMILES string of the molecule is Nc1ncnc2c1c(-c1ccc(Oc3c(F)c(F)cc(F)c3F)cc1F)nn2[C@@H]1CCCC(NC(=O)O)C1. The molecule has 0 saturated heterocycles. The lowest BCUT2D eigenvalue weighted by Gasteiger charge is -2.29. The van der Waals surface area contributed by atoms with E-state index in [1.807, 2.05) is 0 Å². The van der Waals surface area contributed by atoms with Crippen molar-refractivity contribution in [2.75, 3.05) is 5.73 Å². The molecule has 1 amide bonds. The van der Waals surface area contributed by atoms with Gasteiger partial charge in [0, 0.05) is 23.7 Å². The van der Waals surface area contributed by atoms with Crippen molar-refractivity contribution >= 4 is 22.9 Å². The quantitative estimate of drug-likeness (QED) is 0.234. The predicted molar refractivity (Wildman–Crippen MR) is 124 cm³/mol. The average molecular weight is 534 g/mol. The molecule has 5 rings (SSSR count). The van der Waals surface area contributed by atoms with Crippen molar-refractivity contribution in [2.24, 2.45) is 0 Å². The number of hydrogen-bond acceptors (Lipinski definition) is 6. The van der Waals surface area contributed by atoms with E-state index in [2.05, 4.69) is 20.4 Å². The van der Waals surface area contributed by atoms with Crippen molar-refractivity contribution in [3.8, 4) is 22.8 Å². The van der Waals surface area contributed by atoms with E-state index >= 15 is 4.39 Å². The maximum absolute atomic E-state index is 15.3. The number of ether oxygens (including phenoxy) is 1. The van der Waals surface area contributed by atoms with Gasteiger partial charge in [-0.1, -0.05) is 0 Å². The number of benzene rings is 2. The van der Waals surface area contributed by atoms with E-state index in [1.165, 1.54) is 12.4 Å². The van der Waals surface area contributed by atoms with Crippen molar-refractivity contribution < 1.29 is 36.6 Å². The van der Waals surface area contributed by atoms with Crippen molar-refractivity contribution in [1.82, 2.24) is 25.1 Å². The van der Waals surface area contributed by atoms with Crippen molar-refractivity contribution in [3.05, 3.63) is 59.7 Å². The Morgan fingerprint density at radius 1 is 1.05 bits per heavy atom. The molecular formula is C24H19F5N6O3. The van der Waals surface area contributed by atoms with Crippen LogP contribution in [0.4, 0.5) is 32.6 Å². The molecule has 0 spiro atoms. The molecule has 1 aliphatic rings. The van der Waals surface area contributed by atoms with Crippen molar-refractivity contribution in [2.45, 2.75) is 37.8 Å². The molecule has 9 nitrogen and oxygen atoms in total. The number of amides is 1. The van der Waals surface area contributed by atoms with Gasteiger partial charge in [-0.2, -0.15) is 13.9 Å². The summed E-state index contributed by atoms with van der Waals surface area (Å²) in [7, 11) is 0. The van der Waals surface area contributed by atoms with Gasteiger partial charge in [0.15, 0.2) is 17.3 Å². The van der Waals surface area contributed by atoms with E-state index < -0.39 is 46.7 Å². The Bertz CT molecular complexity index is 1540. The molecule has 1 unspecified atom stereocenters. The fraction of sp³-hybridized carbons (Fsp3) is 0.250. The molecule has 198 valence electrons. The van der Waals surface area contributed by atoms with Gasteiger partial charge in [-0.05, 0) is 37.8 Å². The van der Waals surface area contributed by atoms with Gasteiger partial charge in [0.2, 0.25) is 17.4 Å². The van der Waals surface area contributed by atoms with Gasteiger partial charge >= 0.3 is 6.09 Å². The zero-order valence-electron chi connectivity index (χ0n) is 19.4. The Hall–Kier alpha value is -4.49. The van der Waals surface area contributed by atoms with Crippen LogP contribution in [0.3, 0.4) is 0 Å². The van der Waals surface area contributed by atoms with Crippen LogP contribution in [0, 0.1) is 29.1 Å². The lowest BCUT2D eigenvalue weighted by Crippen LogP contribution is -2.38. The third-order valence-corrected chi connectivity index (χ3v) is 6.33. The zero-order valence-corrected chi connectivity index (χ0v) is 19.4. The third-order valence-electron chi connectivity index (χ3n) is 6.33. The Labute approximate surface area is 211 Å². The summed E-state index contributed by atoms with van der Waals surface area (Å²) in [5.41, 5.74) is 6.39. The number of nitrogens with one attached hydrogen (secondary N) is 1. The molecule has 14 heteroatoms. The molecule has 2 aromatic carbocycles. The summed E-state index contributed by atoms with van der Waals surface area (Å²) in [6.07, 6.45) is 2.53. The Morgan fingerprint density at radius 2 is 1.79 bits per heavy atom. The van der Waals surface area contributed by atoms with E-state index in [4.69, 9.17) is 15.6 Å². The lowest BCUT2D eigenvalue weighted by molar-refractivity contribution is 0.181. The summed E-state index contributed by atoms with van der Waals surface area (Å²) >= 11 is 0. The number of halogens is 5. The molecule has 2 heterocycles. The Morgan fingerprint density at radius 3 is 2.47 bits per heavy atom. The molecule has 4 aromatic rings. The van der Waals surface area contributed by atoms with E-state index in [1.54, 1.807) is 4.68 Å². The first-order valence-corrected chi connectivity index (χ1v) is 11.4. The predicted octanol–water partition coefficient (Wildman–Crippen LogP) is 5.31. The number of hydrogen-bond donors (Lipinski definition) is 3. The van der Waals surface area contributed by atoms with E-state index in [9.17, 15) is 22.4 Å². The van der Waals surface area contributed by atoms with Gasteiger partial charge < -0.3 is 20.9 Å². The molecule has 1 aliphatic carbocycles. The van der Waals surface area contributed by atoms with E-state index in [0.29, 0.717) is 31.3 Å². The molecule has 1 fully saturated rings. The first-order chi connectivity index (χ1) is 18.1. The fourth-order valence-electron chi connectivity index (χ4n) is 4.64. The normalized spacial score (nSPS) is 17.5. The molecule has 38 heavy (non-hydrogen) atoms. The second-order valence-corrected chi connectivity index (χ2v) is 8.76. The second-order valence-electron chi connectivity index (χ2n) is 8.76. The molecule has 0 bridgehead atoms. The number of fused-ring (bicyclic) bond motifs is 1. The van der Waals surface area contributed by atoms with E-state index in [0.717, 1.165) is 12.1 Å². The molecule has 2 aromatic heterocycles. The highest BCUT2D eigenvalue weighted by Crippen LogP contribution is 2.38. The van der Waals surface area contributed by atoms with Gasteiger partial charge in [-0.25, -0.2) is 32.6 Å². The number of nitrogen functional groups attached to an aromatic ring is 1. The zero-order chi connectivity index (χ0) is 27.1. The summed E-state index contributed by atoms with van der Waals surface area (Å²) in [5, 5.41) is 16.3. The van der Waals surface area contributed by atoms with Crippen LogP contribution in [0.2, 0.25) is 0 Å². The first kappa shape index (κ1) is 25.2. The first-order valence-electron chi connectivity index (χ1n) is 11.4. The summed E-state index contributed by atoms with van der Waals surface area (Å²) in [4.78, 5) is 19.3. The lowest BCUT2D eigenvalue weighted by atomic mass is 9.91. The smallest absolute Gasteiger partial charge is 0.404 e. The number of carbonyl (C=O) groups is 1. The number of nitrogens with zero attached hydrogens (tertiary/aromatic N) is 4. The topological polar surface area (TPSA) is 128 Å². The highest BCUT2D eigenvalue weighted by molar-refractivity contribution is 5.98. The van der Waals surface area contributed by atoms with Gasteiger partial charge in [-0.15, -0.1) is 0 Å². The van der Waals surface area contributed by atoms with Crippen LogP contribution in [0.25, 0.3) is 22.3 Å². The minimum Gasteiger partial charge on any atom is -0.465 e. The van der Waals surface area contributed by atoms with Crippen LogP contribution in [0.1, 0.15) is 31.7 Å². The number of carboxylic acid groups (broad SMARTS) is 1. The largest absolute Gasteiger partial charge is 0.465 e. The highest BCUT2D eigenvalue weighted by Gasteiger charge is 2.29. The molecule has 2 atom stereocenters. The van der Waals surface area contributed by atoms with Crippen LogP contribution >= 0.6 is 0 Å². The highest BCUT2D eigenvalue weighted by atomic mass is 19.2. The summed E-state index contributed by atoms with van der Waals surface area (Å²) in [6.45, 7) is 0. The number of anilines is 1. The molecule has 4 N–H and O–H groups in total. The standard InChI is InChI=1S/C24H19F5N6O3/c25-14-7-12(38-21-18(28)15(26)8-16(27)19(21)29)4-5-13(14)20-17-22(30)31-9-32-23(17)35(34-20)11-3-1-2-10(6-11)33-24(36)37/h4-5,7-11,33H,1-3,6H2,(H,36,37)(H2,30,31,32)/t10?,11-/m1/s1. The minimum atomic E-state index is -1.77. The van der Waals surface area contributed by atoms with Gasteiger partial charge in [-0.3, -0.25) is 0 Å². The van der Waals surface area contributed by atoms with Crippen LogP contribution in [-0.4, -0.2) is 37.0 Å². The van der Waals surface area contributed by atoms with Crippen molar-refractivity contribution in [1.29, 1.82) is 0 Å². The van der Waals surface area contributed by atoms with E-state index in [-0.39, 0.29) is 40.6 Å². The summed E-state index contributed by atoms with van der Waals surface area (Å²) in [5.74, 6) is -9.60. The minimum absolute atomic E-state index is 0.0198. The molecule has 0 aliphatic heterocycles. The monoisotopic (exact) mass is 534 g/mol. The third kappa shape index (κ3) is 4.53. The maximum Gasteiger partial charge on any atom is 0.404 e. The van der Waals surface area contributed by atoms with Crippen LogP contribution < -0.4 is 15.8 Å². The molecule has 0 radical (unpaired) electrons. The van der Waals surface area contributed by atoms with Crippen LogP contribution in [-0.2, 0) is 0 Å². The summed E-state index contributed by atoms with van der Waals surface area (Å²) < 4.78 is 76.8. The second kappa shape index (κ2) is 9.76. The van der Waals surface area contributed by atoms with Crippen molar-refractivity contribution in [3.63, 3.8) is 0 Å². The molecule has 1 saturated carbocycles. The van der Waals surface area contributed by atoms with Gasteiger partial charge in [0.1, 0.15) is 29.4 Å². The van der Waals surface area contributed by atoms with Crippen LogP contribution in [0.5, 0.6) is 11.5 Å².